The topological polar surface area (TPSA) is 175 Å². The molecule has 3 aromatic carbocycles. The van der Waals surface area contributed by atoms with E-state index >= 15 is 0 Å². The van der Waals surface area contributed by atoms with Gasteiger partial charge in [-0.2, -0.15) is 0 Å². The smallest absolute Gasteiger partial charge is 0.407 e. The van der Waals surface area contributed by atoms with Crippen molar-refractivity contribution in [1.82, 2.24) is 40.4 Å². The molecule has 3 aliphatic rings. The average Bonchev–Trinajstić information content (AvgIpc) is 3.72. The van der Waals surface area contributed by atoms with Crippen LogP contribution < -0.4 is 10.6 Å². The fraction of sp³-hybridized carbons (Fsp3) is 0.447. The molecule has 3 fully saturated rings. The Morgan fingerprint density at radius 3 is 1.98 bits per heavy atom. The number of methoxy groups -OCH3 is 2. The standard InChI is InChI=1S/C47H54N8O6/c1-26(2)39(52-46(58)60-5)44(56)54-21-7-9-37(54)42-48-25-36(50-42)32-16-18-33(29(24-32)14-13-28-11-12-28)30-15-19-34-31(23-30)17-20-35-41(34)51-43(49-35)38-10-8-22-55(38)45(57)40(27(3)4)53-47(59)61-6/h15-20,23-28,37-40H,7-12,21-22H2,1-6H3,(H,48,50)(H,49,51)(H,52,58)(H,53,59)/t37-,38-,39?,40-/m0/s1. The second-order valence-corrected chi connectivity index (χ2v) is 17.1. The predicted molar refractivity (Wildman–Crippen MR) is 232 cm³/mol. The van der Waals surface area contributed by atoms with Crippen molar-refractivity contribution in [2.24, 2.45) is 17.8 Å². The summed E-state index contributed by atoms with van der Waals surface area (Å²) in [5.74, 6) is 8.29. The first-order chi connectivity index (χ1) is 29.4. The first-order valence-electron chi connectivity index (χ1n) is 21.4. The highest BCUT2D eigenvalue weighted by Gasteiger charge is 2.39. The number of rotatable bonds is 10. The zero-order valence-corrected chi connectivity index (χ0v) is 35.6. The number of carbonyl (C=O) groups excluding carboxylic acids is 4. The van der Waals surface area contributed by atoms with E-state index in [1.54, 1.807) is 0 Å². The molecule has 4 amide bonds. The van der Waals surface area contributed by atoms with Gasteiger partial charge in [-0.15, -0.1) is 0 Å². The third kappa shape index (κ3) is 8.51. The number of aromatic nitrogens is 4. The number of hydrogen-bond donors (Lipinski definition) is 4. The molecular formula is C47H54N8O6. The van der Waals surface area contributed by atoms with Gasteiger partial charge in [0.25, 0.3) is 0 Å². The van der Waals surface area contributed by atoms with Crippen LogP contribution in [-0.4, -0.2) is 93.1 Å². The molecule has 4 heterocycles. The fourth-order valence-electron chi connectivity index (χ4n) is 8.66. The van der Waals surface area contributed by atoms with Crippen LogP contribution >= 0.6 is 0 Å². The van der Waals surface area contributed by atoms with E-state index in [1.165, 1.54) is 14.2 Å². The second kappa shape index (κ2) is 17.3. The SMILES string of the molecule is COC(=O)NC(C(=O)N1CCC[C@H]1c1ncc(-c2ccc(-c3ccc4c(ccc5[nH]c([C@@H]6CCCN6C(=O)[C@@H](NC(=O)OC)C(C)C)nc54)c3)c(C#CC3CC3)c2)[nH]1)C(C)C. The van der Waals surface area contributed by atoms with Crippen LogP contribution in [0.3, 0.4) is 0 Å². The number of imidazole rings is 2. The Balaban J connectivity index is 1.06. The van der Waals surface area contributed by atoms with Gasteiger partial charge in [0.1, 0.15) is 23.7 Å². The number of ether oxygens (including phenoxy) is 2. The van der Waals surface area contributed by atoms with Crippen LogP contribution in [0.25, 0.3) is 44.2 Å². The van der Waals surface area contributed by atoms with Crippen molar-refractivity contribution < 1.29 is 28.7 Å². The maximum absolute atomic E-state index is 13.8. The molecule has 0 spiro atoms. The Bertz CT molecular complexity index is 2540. The summed E-state index contributed by atoms with van der Waals surface area (Å²) in [5, 5.41) is 7.47. The van der Waals surface area contributed by atoms with Crippen molar-refractivity contribution >= 4 is 45.8 Å². The highest BCUT2D eigenvalue weighted by Crippen LogP contribution is 2.38. The highest BCUT2D eigenvalue weighted by atomic mass is 16.5. The van der Waals surface area contributed by atoms with E-state index in [4.69, 9.17) is 19.4 Å². The summed E-state index contributed by atoms with van der Waals surface area (Å²) in [5.41, 5.74) is 6.48. The summed E-state index contributed by atoms with van der Waals surface area (Å²) in [4.78, 5) is 72.2. The van der Waals surface area contributed by atoms with Crippen molar-refractivity contribution in [3.8, 4) is 34.2 Å². The molecule has 2 saturated heterocycles. The highest BCUT2D eigenvalue weighted by molar-refractivity contribution is 6.05. The molecule has 8 rings (SSSR count). The first kappa shape index (κ1) is 41.4. The van der Waals surface area contributed by atoms with E-state index in [1.807, 2.05) is 49.8 Å². The fourth-order valence-corrected chi connectivity index (χ4v) is 8.66. The summed E-state index contributed by atoms with van der Waals surface area (Å²) in [6, 6.07) is 15.0. The predicted octanol–water partition coefficient (Wildman–Crippen LogP) is 7.62. The van der Waals surface area contributed by atoms with Crippen LogP contribution in [0.15, 0.2) is 54.7 Å². The van der Waals surface area contributed by atoms with Crippen LogP contribution in [0.2, 0.25) is 0 Å². The molecule has 1 aliphatic carbocycles. The Labute approximate surface area is 355 Å². The van der Waals surface area contributed by atoms with Gasteiger partial charge >= 0.3 is 12.2 Å². The number of alkyl carbamates (subject to hydrolysis) is 2. The minimum Gasteiger partial charge on any atom is -0.453 e. The van der Waals surface area contributed by atoms with Gasteiger partial charge in [-0.3, -0.25) is 9.59 Å². The molecule has 1 unspecified atom stereocenters. The monoisotopic (exact) mass is 826 g/mol. The van der Waals surface area contributed by atoms with Gasteiger partial charge in [-0.1, -0.05) is 69.9 Å². The Morgan fingerprint density at radius 1 is 0.754 bits per heavy atom. The van der Waals surface area contributed by atoms with Gasteiger partial charge in [0.15, 0.2) is 0 Å². The number of carbonyl (C=O) groups is 4. The van der Waals surface area contributed by atoms with E-state index < -0.39 is 24.3 Å². The Hall–Kier alpha value is -6.36. The quantitative estimate of drug-likeness (QED) is 0.104. The summed E-state index contributed by atoms with van der Waals surface area (Å²) in [6.07, 6.45) is 5.99. The number of hydrogen-bond acceptors (Lipinski definition) is 8. The van der Waals surface area contributed by atoms with Crippen molar-refractivity contribution in [2.45, 2.75) is 90.4 Å². The first-order valence-corrected chi connectivity index (χ1v) is 21.4. The third-order valence-electron chi connectivity index (χ3n) is 12.2. The number of aromatic amines is 2. The molecule has 5 aromatic rings. The lowest BCUT2D eigenvalue weighted by molar-refractivity contribution is -0.136. The zero-order valence-electron chi connectivity index (χ0n) is 35.6. The maximum atomic E-state index is 13.8. The molecule has 1 saturated carbocycles. The van der Waals surface area contributed by atoms with Crippen LogP contribution in [0.4, 0.5) is 9.59 Å². The van der Waals surface area contributed by atoms with E-state index in [0.717, 1.165) is 94.1 Å². The molecule has 0 radical (unpaired) electrons. The molecule has 318 valence electrons. The van der Waals surface area contributed by atoms with Gasteiger partial charge in [0.2, 0.25) is 11.8 Å². The van der Waals surface area contributed by atoms with E-state index in [2.05, 4.69) is 74.9 Å². The van der Waals surface area contributed by atoms with Gasteiger partial charge in [-0.05, 0) is 85.1 Å². The number of nitrogens with one attached hydrogen (secondary N) is 4. The number of fused-ring (bicyclic) bond motifs is 3. The van der Waals surface area contributed by atoms with E-state index in [9.17, 15) is 19.2 Å². The summed E-state index contributed by atoms with van der Waals surface area (Å²) in [6.45, 7) is 8.79. The van der Waals surface area contributed by atoms with E-state index in [0.29, 0.717) is 24.8 Å². The van der Waals surface area contributed by atoms with Gasteiger partial charge in [-0.25, -0.2) is 19.6 Å². The number of amides is 4. The molecule has 2 aromatic heterocycles. The van der Waals surface area contributed by atoms with Crippen molar-refractivity contribution in [3.05, 3.63) is 71.9 Å². The summed E-state index contributed by atoms with van der Waals surface area (Å²) in [7, 11) is 2.59. The van der Waals surface area contributed by atoms with Crippen molar-refractivity contribution in [2.75, 3.05) is 27.3 Å². The Kier molecular flexibility index (Phi) is 11.7. The maximum Gasteiger partial charge on any atom is 0.407 e. The van der Waals surface area contributed by atoms with Crippen LogP contribution in [0.5, 0.6) is 0 Å². The molecule has 61 heavy (non-hydrogen) atoms. The number of likely N-dealkylation sites (tertiary alicyclic amines) is 2. The van der Waals surface area contributed by atoms with Crippen LogP contribution in [-0.2, 0) is 19.1 Å². The van der Waals surface area contributed by atoms with Crippen molar-refractivity contribution in [3.63, 3.8) is 0 Å². The minimum atomic E-state index is -0.706. The molecule has 0 bridgehead atoms. The third-order valence-corrected chi connectivity index (χ3v) is 12.2. The van der Waals surface area contributed by atoms with Gasteiger partial charge in [0, 0.05) is 35.5 Å². The minimum absolute atomic E-state index is 0.120. The van der Waals surface area contributed by atoms with E-state index in [-0.39, 0.29) is 35.7 Å². The van der Waals surface area contributed by atoms with Crippen molar-refractivity contribution in [1.29, 1.82) is 0 Å². The molecule has 2 aliphatic heterocycles. The second-order valence-electron chi connectivity index (χ2n) is 17.1. The lowest BCUT2D eigenvalue weighted by atomic mass is 9.94. The summed E-state index contributed by atoms with van der Waals surface area (Å²) < 4.78 is 9.60. The van der Waals surface area contributed by atoms with Gasteiger partial charge < -0.3 is 39.9 Å². The number of nitrogens with zero attached hydrogens (tertiary/aromatic N) is 4. The molecule has 4 N–H and O–H groups in total. The zero-order chi connectivity index (χ0) is 42.9. The van der Waals surface area contributed by atoms with Crippen LogP contribution in [0.1, 0.15) is 95.5 Å². The Morgan fingerprint density at radius 2 is 1.38 bits per heavy atom. The van der Waals surface area contributed by atoms with Crippen LogP contribution in [0, 0.1) is 29.6 Å². The normalized spacial score (nSPS) is 18.6. The molecule has 14 nitrogen and oxygen atoms in total. The lowest BCUT2D eigenvalue weighted by Crippen LogP contribution is -2.51. The molecular weight excluding hydrogens is 773 g/mol. The number of H-pyrrole nitrogens is 2. The largest absolute Gasteiger partial charge is 0.453 e. The molecule has 4 atom stereocenters. The average molecular weight is 827 g/mol. The summed E-state index contributed by atoms with van der Waals surface area (Å²) >= 11 is 0. The van der Waals surface area contributed by atoms with Gasteiger partial charge in [0.05, 0.1) is 49.2 Å². The lowest BCUT2D eigenvalue weighted by Gasteiger charge is -2.30. The molecule has 14 heteroatoms. The number of benzene rings is 3.